The van der Waals surface area contributed by atoms with Crippen molar-refractivity contribution >= 4 is 33.6 Å². The van der Waals surface area contributed by atoms with Gasteiger partial charge in [0.05, 0.1) is 29.9 Å². The van der Waals surface area contributed by atoms with Crippen LogP contribution in [-0.2, 0) is 29.9 Å². The largest absolute Gasteiger partial charge is 0.489 e. The van der Waals surface area contributed by atoms with E-state index in [1.165, 1.54) is 22.5 Å². The highest BCUT2D eigenvalue weighted by Gasteiger charge is 2.49. The molecular formula is C25H30N4O7S. The van der Waals surface area contributed by atoms with Crippen molar-refractivity contribution in [3.63, 3.8) is 0 Å². The van der Waals surface area contributed by atoms with Crippen LogP contribution in [0.3, 0.4) is 0 Å². The van der Waals surface area contributed by atoms with E-state index in [9.17, 15) is 22.8 Å². The molecule has 2 fully saturated rings. The Labute approximate surface area is 215 Å². The van der Waals surface area contributed by atoms with Gasteiger partial charge in [-0.1, -0.05) is 30.3 Å². The molecule has 11 nitrogen and oxygen atoms in total. The minimum absolute atomic E-state index is 0.0209. The number of nitrogens with zero attached hydrogens (tertiary/aromatic N) is 2. The van der Waals surface area contributed by atoms with Crippen LogP contribution in [0.4, 0.5) is 10.5 Å². The first-order valence-corrected chi connectivity index (χ1v) is 13.3. The van der Waals surface area contributed by atoms with E-state index >= 15 is 0 Å². The Morgan fingerprint density at radius 1 is 1.14 bits per heavy atom. The Bertz CT molecular complexity index is 1290. The Morgan fingerprint density at radius 3 is 2.46 bits per heavy atom. The van der Waals surface area contributed by atoms with E-state index in [4.69, 9.17) is 9.47 Å². The molecule has 2 N–H and O–H groups in total. The summed E-state index contributed by atoms with van der Waals surface area (Å²) in [6.07, 6.45) is -0.255. The Hall–Kier alpha value is -3.48. The van der Waals surface area contributed by atoms with Gasteiger partial charge in [-0.15, -0.1) is 0 Å². The van der Waals surface area contributed by atoms with Crippen LogP contribution in [0.2, 0.25) is 0 Å². The average molecular weight is 531 g/mol. The van der Waals surface area contributed by atoms with E-state index in [2.05, 4.69) is 10.6 Å². The van der Waals surface area contributed by atoms with Gasteiger partial charge in [-0.3, -0.25) is 14.5 Å². The maximum atomic E-state index is 13.1. The fourth-order valence-corrected chi connectivity index (χ4v) is 5.64. The quantitative estimate of drug-likeness (QED) is 0.498. The number of sulfonamides is 1. The summed E-state index contributed by atoms with van der Waals surface area (Å²) in [6, 6.07) is 12.3. The number of ether oxygens (including phenoxy) is 2. The smallest absolute Gasteiger partial charge is 0.325 e. The molecule has 0 radical (unpaired) electrons. The summed E-state index contributed by atoms with van der Waals surface area (Å²) in [4.78, 5) is 39.6. The molecule has 12 heteroatoms. The zero-order chi connectivity index (χ0) is 26.8. The van der Waals surface area contributed by atoms with Crippen molar-refractivity contribution in [1.82, 2.24) is 14.5 Å². The van der Waals surface area contributed by atoms with E-state index in [1.807, 2.05) is 0 Å². The lowest BCUT2D eigenvalue weighted by molar-refractivity contribution is -0.133. The number of carbonyl (C=O) groups is 3. The fraction of sp³-hybridized carbons (Fsp3) is 0.400. The average Bonchev–Trinajstić information content (AvgIpc) is 3.09. The standard InChI is InChI=1S/C25H30N4O7S/c1-17(2)36-21-10-9-19(37(33,34)28-11-13-35-14-12-28)15-20(21)26-22(30)16-29-23(31)25(3,27-24(29)32)18-7-5-4-6-8-18/h4-10,15,17H,11-14,16H2,1-3H3,(H,26,30)(H,27,32). The van der Waals surface area contributed by atoms with Crippen molar-refractivity contribution in [2.75, 3.05) is 38.2 Å². The van der Waals surface area contributed by atoms with Crippen LogP contribution in [0.15, 0.2) is 53.4 Å². The lowest BCUT2D eigenvalue weighted by atomic mass is 9.92. The first-order valence-electron chi connectivity index (χ1n) is 11.9. The highest BCUT2D eigenvalue weighted by Crippen LogP contribution is 2.31. The number of hydrogen-bond acceptors (Lipinski definition) is 7. The molecule has 0 aromatic heterocycles. The zero-order valence-electron chi connectivity index (χ0n) is 20.9. The van der Waals surface area contributed by atoms with Crippen LogP contribution < -0.4 is 15.4 Å². The second kappa shape index (κ2) is 10.5. The van der Waals surface area contributed by atoms with E-state index in [-0.39, 0.29) is 35.5 Å². The first-order chi connectivity index (χ1) is 17.5. The number of morpholine rings is 1. The highest BCUT2D eigenvalue weighted by atomic mass is 32.2. The number of imide groups is 1. The monoisotopic (exact) mass is 530 g/mol. The molecule has 2 aliphatic rings. The summed E-state index contributed by atoms with van der Waals surface area (Å²) in [5.74, 6) is -0.993. The number of nitrogens with one attached hydrogen (secondary N) is 2. The van der Waals surface area contributed by atoms with Crippen LogP contribution in [0.1, 0.15) is 26.3 Å². The molecule has 37 heavy (non-hydrogen) atoms. The second-order valence-corrected chi connectivity index (χ2v) is 11.1. The Kier molecular flexibility index (Phi) is 7.53. The van der Waals surface area contributed by atoms with Gasteiger partial charge in [-0.2, -0.15) is 4.31 Å². The SMILES string of the molecule is CC(C)Oc1ccc(S(=O)(=O)N2CCOCC2)cc1NC(=O)CN1C(=O)NC(C)(c2ccccc2)C1=O. The van der Waals surface area contributed by atoms with E-state index < -0.39 is 40.0 Å². The molecule has 0 saturated carbocycles. The van der Waals surface area contributed by atoms with Gasteiger partial charge in [0.1, 0.15) is 17.8 Å². The van der Waals surface area contributed by atoms with Gasteiger partial charge < -0.3 is 20.1 Å². The summed E-state index contributed by atoms with van der Waals surface area (Å²) in [7, 11) is -3.83. The van der Waals surface area contributed by atoms with Crippen molar-refractivity contribution in [3.8, 4) is 5.75 Å². The molecule has 1 unspecified atom stereocenters. The van der Waals surface area contributed by atoms with E-state index in [0.717, 1.165) is 4.90 Å². The lowest BCUT2D eigenvalue weighted by Gasteiger charge is -2.26. The Balaban J connectivity index is 1.56. The molecule has 2 aliphatic heterocycles. The number of hydrogen-bond donors (Lipinski definition) is 2. The second-order valence-electron chi connectivity index (χ2n) is 9.20. The molecular weight excluding hydrogens is 500 g/mol. The van der Waals surface area contributed by atoms with Crippen molar-refractivity contribution in [2.24, 2.45) is 0 Å². The summed E-state index contributed by atoms with van der Waals surface area (Å²) < 4.78 is 38.6. The molecule has 1 atom stereocenters. The number of carbonyl (C=O) groups excluding carboxylic acids is 3. The summed E-state index contributed by atoms with van der Waals surface area (Å²) >= 11 is 0. The van der Waals surface area contributed by atoms with Gasteiger partial charge in [0.15, 0.2) is 0 Å². The van der Waals surface area contributed by atoms with Crippen LogP contribution in [0.5, 0.6) is 5.75 Å². The van der Waals surface area contributed by atoms with Crippen LogP contribution in [0, 0.1) is 0 Å². The predicted molar refractivity (Wildman–Crippen MR) is 134 cm³/mol. The third-order valence-corrected chi connectivity index (χ3v) is 8.02. The molecule has 4 amide bonds. The zero-order valence-corrected chi connectivity index (χ0v) is 21.7. The first kappa shape index (κ1) is 26.6. The molecule has 198 valence electrons. The number of urea groups is 1. The van der Waals surface area contributed by atoms with Gasteiger partial charge in [0, 0.05) is 13.1 Å². The molecule has 4 rings (SSSR count). The maximum Gasteiger partial charge on any atom is 0.325 e. The minimum atomic E-state index is -3.83. The van der Waals surface area contributed by atoms with Crippen molar-refractivity contribution < 1.29 is 32.3 Å². The fourth-order valence-electron chi connectivity index (χ4n) is 4.20. The van der Waals surface area contributed by atoms with Crippen LogP contribution in [0.25, 0.3) is 0 Å². The van der Waals surface area contributed by atoms with Gasteiger partial charge in [-0.25, -0.2) is 13.2 Å². The summed E-state index contributed by atoms with van der Waals surface area (Å²) in [5.41, 5.74) is -0.604. The van der Waals surface area contributed by atoms with Gasteiger partial charge in [-0.05, 0) is 44.5 Å². The van der Waals surface area contributed by atoms with Crippen molar-refractivity contribution in [1.29, 1.82) is 0 Å². The lowest BCUT2D eigenvalue weighted by Crippen LogP contribution is -2.42. The molecule has 2 aromatic rings. The number of anilines is 1. The predicted octanol–water partition coefficient (Wildman–Crippen LogP) is 1.90. The maximum absolute atomic E-state index is 13.1. The van der Waals surface area contributed by atoms with E-state index in [0.29, 0.717) is 18.8 Å². The normalized spacial score (nSPS) is 20.7. The number of amides is 4. The van der Waals surface area contributed by atoms with Gasteiger partial charge in [0.25, 0.3) is 5.91 Å². The molecule has 0 bridgehead atoms. The van der Waals surface area contributed by atoms with Gasteiger partial charge in [0.2, 0.25) is 15.9 Å². The summed E-state index contributed by atoms with van der Waals surface area (Å²) in [5, 5.41) is 5.28. The molecule has 0 aliphatic carbocycles. The third kappa shape index (κ3) is 5.45. The van der Waals surface area contributed by atoms with Crippen LogP contribution >= 0.6 is 0 Å². The minimum Gasteiger partial charge on any atom is -0.489 e. The topological polar surface area (TPSA) is 134 Å². The molecule has 2 heterocycles. The molecule has 2 aromatic carbocycles. The third-order valence-electron chi connectivity index (χ3n) is 6.12. The number of benzene rings is 2. The van der Waals surface area contributed by atoms with Gasteiger partial charge >= 0.3 is 6.03 Å². The molecule has 2 saturated heterocycles. The summed E-state index contributed by atoms with van der Waals surface area (Å²) in [6.45, 7) is 5.64. The van der Waals surface area contributed by atoms with Crippen LogP contribution in [-0.4, -0.2) is 74.4 Å². The van der Waals surface area contributed by atoms with Crippen molar-refractivity contribution in [3.05, 3.63) is 54.1 Å². The number of rotatable bonds is 8. The Morgan fingerprint density at radius 2 is 1.81 bits per heavy atom. The molecule has 0 spiro atoms. The highest BCUT2D eigenvalue weighted by molar-refractivity contribution is 7.89. The van der Waals surface area contributed by atoms with Crippen molar-refractivity contribution in [2.45, 2.75) is 37.3 Å². The van der Waals surface area contributed by atoms with E-state index in [1.54, 1.807) is 51.1 Å².